The van der Waals surface area contributed by atoms with Gasteiger partial charge in [-0.3, -0.25) is 0 Å². The Morgan fingerprint density at radius 3 is 2.63 bits per heavy atom. The number of hydrogen-bond donors (Lipinski definition) is 0. The third-order valence-electron chi connectivity index (χ3n) is 6.17. The Hall–Kier alpha value is -2.57. The second kappa shape index (κ2) is 6.87. The highest BCUT2D eigenvalue weighted by Gasteiger charge is 2.26. The average molecular weight is 355 g/mol. The Bertz CT molecular complexity index is 1010. The standard InChI is InChI=1S/C24H25N3/c25-17-20-16-19(8-9-21(20)18-6-7-18)22-4-3-5-24-23(22)10-13-27(24)15-14-26-11-1-2-12-26/h3-5,8-10,13,16,18H,1-2,6-7,11-12,14-15H2. The summed E-state index contributed by atoms with van der Waals surface area (Å²) < 4.78 is 2.38. The summed E-state index contributed by atoms with van der Waals surface area (Å²) in [7, 11) is 0. The van der Waals surface area contributed by atoms with Gasteiger partial charge in [-0.25, -0.2) is 0 Å². The normalized spacial score (nSPS) is 17.4. The van der Waals surface area contributed by atoms with Crippen molar-refractivity contribution in [3.8, 4) is 17.2 Å². The van der Waals surface area contributed by atoms with Crippen LogP contribution < -0.4 is 0 Å². The SMILES string of the molecule is N#Cc1cc(-c2cccc3c2ccn3CCN2CCCC2)ccc1C1CC1. The molecule has 1 saturated heterocycles. The van der Waals surface area contributed by atoms with E-state index in [1.54, 1.807) is 0 Å². The average Bonchev–Trinajstić information content (AvgIpc) is 3.25. The zero-order chi connectivity index (χ0) is 18.2. The Kier molecular flexibility index (Phi) is 4.22. The van der Waals surface area contributed by atoms with E-state index in [1.807, 2.05) is 0 Å². The molecule has 3 aromatic rings. The first-order valence-electron chi connectivity index (χ1n) is 10.2. The highest BCUT2D eigenvalue weighted by Crippen LogP contribution is 2.42. The van der Waals surface area contributed by atoms with Crippen molar-refractivity contribution in [2.45, 2.75) is 38.1 Å². The molecule has 0 amide bonds. The van der Waals surface area contributed by atoms with Crippen LogP contribution in [0.3, 0.4) is 0 Å². The molecule has 0 atom stereocenters. The lowest BCUT2D eigenvalue weighted by molar-refractivity contribution is 0.324. The van der Waals surface area contributed by atoms with Crippen LogP contribution in [0.1, 0.15) is 42.7 Å². The number of hydrogen-bond acceptors (Lipinski definition) is 2. The Morgan fingerprint density at radius 1 is 1.00 bits per heavy atom. The monoisotopic (exact) mass is 355 g/mol. The summed E-state index contributed by atoms with van der Waals surface area (Å²) in [6.07, 6.45) is 7.35. The van der Waals surface area contributed by atoms with Crippen LogP contribution in [-0.4, -0.2) is 29.1 Å². The lowest BCUT2D eigenvalue weighted by Crippen LogP contribution is -2.23. The molecule has 27 heavy (non-hydrogen) atoms. The Balaban J connectivity index is 1.48. The van der Waals surface area contributed by atoms with Crippen molar-refractivity contribution in [3.63, 3.8) is 0 Å². The molecule has 136 valence electrons. The molecule has 2 fully saturated rings. The van der Waals surface area contributed by atoms with Crippen molar-refractivity contribution < 1.29 is 0 Å². The number of rotatable bonds is 5. The van der Waals surface area contributed by atoms with Gasteiger partial charge in [-0.1, -0.05) is 24.3 Å². The third kappa shape index (κ3) is 3.15. The van der Waals surface area contributed by atoms with Crippen LogP contribution in [0.25, 0.3) is 22.0 Å². The van der Waals surface area contributed by atoms with Gasteiger partial charge in [-0.2, -0.15) is 5.26 Å². The topological polar surface area (TPSA) is 32.0 Å². The molecular weight excluding hydrogens is 330 g/mol. The van der Waals surface area contributed by atoms with Crippen LogP contribution in [0.15, 0.2) is 48.7 Å². The zero-order valence-electron chi connectivity index (χ0n) is 15.7. The van der Waals surface area contributed by atoms with Crippen LogP contribution in [0.5, 0.6) is 0 Å². The van der Waals surface area contributed by atoms with Gasteiger partial charge < -0.3 is 9.47 Å². The van der Waals surface area contributed by atoms with Crippen LogP contribution in [0.2, 0.25) is 0 Å². The fourth-order valence-corrected chi connectivity index (χ4v) is 4.50. The third-order valence-corrected chi connectivity index (χ3v) is 6.17. The lowest BCUT2D eigenvalue weighted by Gasteiger charge is -2.15. The Morgan fingerprint density at radius 2 is 1.85 bits per heavy atom. The summed E-state index contributed by atoms with van der Waals surface area (Å²) >= 11 is 0. The van der Waals surface area contributed by atoms with E-state index >= 15 is 0 Å². The van der Waals surface area contributed by atoms with Gasteiger partial charge in [0.1, 0.15) is 0 Å². The van der Waals surface area contributed by atoms with E-state index in [-0.39, 0.29) is 0 Å². The van der Waals surface area contributed by atoms with Crippen LogP contribution in [-0.2, 0) is 6.54 Å². The lowest BCUT2D eigenvalue weighted by atomic mass is 9.96. The Labute approximate surface area is 160 Å². The summed E-state index contributed by atoms with van der Waals surface area (Å²) in [6, 6.07) is 17.7. The van der Waals surface area contributed by atoms with Crippen LogP contribution >= 0.6 is 0 Å². The molecular formula is C24H25N3. The minimum atomic E-state index is 0.608. The molecule has 2 aromatic carbocycles. The fraction of sp³-hybridized carbons (Fsp3) is 0.375. The van der Waals surface area contributed by atoms with Crippen molar-refractivity contribution in [2.24, 2.45) is 0 Å². The van der Waals surface area contributed by atoms with Gasteiger partial charge in [0, 0.05) is 30.2 Å². The predicted octanol–water partition coefficient (Wildman–Crippen LogP) is 5.15. The first-order valence-corrected chi connectivity index (χ1v) is 10.2. The van der Waals surface area contributed by atoms with Gasteiger partial charge in [-0.15, -0.1) is 0 Å². The molecule has 0 radical (unpaired) electrons. The van der Waals surface area contributed by atoms with Crippen molar-refractivity contribution in [1.29, 1.82) is 5.26 Å². The molecule has 0 spiro atoms. The number of nitrogens with zero attached hydrogens (tertiary/aromatic N) is 3. The molecule has 3 nitrogen and oxygen atoms in total. The maximum atomic E-state index is 9.60. The van der Waals surface area contributed by atoms with Crippen molar-refractivity contribution in [2.75, 3.05) is 19.6 Å². The molecule has 1 aliphatic heterocycles. The maximum Gasteiger partial charge on any atom is 0.0994 e. The number of nitriles is 1. The van der Waals surface area contributed by atoms with Gasteiger partial charge in [0.25, 0.3) is 0 Å². The van der Waals surface area contributed by atoms with Gasteiger partial charge in [0.2, 0.25) is 0 Å². The maximum absolute atomic E-state index is 9.60. The van der Waals surface area contributed by atoms with Crippen molar-refractivity contribution in [3.05, 3.63) is 59.8 Å². The quantitative estimate of drug-likeness (QED) is 0.634. The van der Waals surface area contributed by atoms with E-state index in [9.17, 15) is 5.26 Å². The van der Waals surface area contributed by atoms with E-state index in [0.717, 1.165) is 24.2 Å². The minimum Gasteiger partial charge on any atom is -0.346 e. The van der Waals surface area contributed by atoms with E-state index in [0.29, 0.717) is 5.92 Å². The molecule has 5 rings (SSSR count). The molecule has 2 heterocycles. The van der Waals surface area contributed by atoms with Gasteiger partial charge in [0.15, 0.2) is 0 Å². The fourth-order valence-electron chi connectivity index (χ4n) is 4.50. The van der Waals surface area contributed by atoms with Crippen molar-refractivity contribution >= 4 is 10.9 Å². The van der Waals surface area contributed by atoms with Gasteiger partial charge >= 0.3 is 0 Å². The highest BCUT2D eigenvalue weighted by atomic mass is 15.2. The summed E-state index contributed by atoms with van der Waals surface area (Å²) in [5.74, 6) is 0.608. The second-order valence-electron chi connectivity index (χ2n) is 7.98. The van der Waals surface area contributed by atoms with Gasteiger partial charge in [-0.05, 0) is 79.6 Å². The second-order valence-corrected chi connectivity index (χ2v) is 7.98. The highest BCUT2D eigenvalue weighted by molar-refractivity contribution is 5.95. The first-order chi connectivity index (χ1) is 13.3. The van der Waals surface area contributed by atoms with Gasteiger partial charge in [0.05, 0.1) is 11.6 Å². The largest absolute Gasteiger partial charge is 0.346 e. The number of aromatic nitrogens is 1. The first kappa shape index (κ1) is 16.6. The predicted molar refractivity (Wildman–Crippen MR) is 110 cm³/mol. The number of benzene rings is 2. The molecule has 2 aliphatic rings. The minimum absolute atomic E-state index is 0.608. The molecule has 0 bridgehead atoms. The van der Waals surface area contributed by atoms with Crippen molar-refractivity contribution in [1.82, 2.24) is 9.47 Å². The van der Waals surface area contributed by atoms with E-state index in [1.165, 1.54) is 60.8 Å². The van der Waals surface area contributed by atoms with Crippen LogP contribution in [0, 0.1) is 11.3 Å². The molecule has 3 heteroatoms. The molecule has 1 aromatic heterocycles. The zero-order valence-corrected chi connectivity index (χ0v) is 15.7. The van der Waals surface area contributed by atoms with E-state index < -0.39 is 0 Å². The smallest absolute Gasteiger partial charge is 0.0994 e. The molecule has 1 aliphatic carbocycles. The summed E-state index contributed by atoms with van der Waals surface area (Å²) in [5.41, 5.74) is 5.75. The number of fused-ring (bicyclic) bond motifs is 1. The molecule has 0 N–H and O–H groups in total. The van der Waals surface area contributed by atoms with E-state index in [4.69, 9.17) is 0 Å². The van der Waals surface area contributed by atoms with Crippen LogP contribution in [0.4, 0.5) is 0 Å². The summed E-state index contributed by atoms with van der Waals surface area (Å²) in [5, 5.41) is 10.9. The van der Waals surface area contributed by atoms with E-state index in [2.05, 4.69) is 64.2 Å². The summed E-state index contributed by atoms with van der Waals surface area (Å²) in [6.45, 7) is 4.66. The number of likely N-dealkylation sites (tertiary alicyclic amines) is 1. The molecule has 0 unspecified atom stereocenters. The molecule has 1 saturated carbocycles. The summed E-state index contributed by atoms with van der Waals surface area (Å²) in [4.78, 5) is 2.56.